The number of nitrogens with two attached hydrogens (primary N) is 1. The van der Waals surface area contributed by atoms with Crippen LogP contribution in [0.2, 0.25) is 0 Å². The standard InChI is InChI=1S/C12H12FN3OS/c1-2-15-8-4-6(13)3-7-10-9(5-17-11(7)8)18-12(14)16-10/h3-4,15H,2,5H2,1H3,(H2,14,16). The van der Waals surface area contributed by atoms with Crippen LogP contribution < -0.4 is 15.8 Å². The molecule has 94 valence electrons. The molecule has 6 heteroatoms. The second kappa shape index (κ2) is 4.13. The van der Waals surface area contributed by atoms with Crippen molar-refractivity contribution in [3.05, 3.63) is 22.8 Å². The van der Waals surface area contributed by atoms with Crippen molar-refractivity contribution in [1.82, 2.24) is 4.98 Å². The summed E-state index contributed by atoms with van der Waals surface area (Å²) < 4.78 is 19.3. The highest BCUT2D eigenvalue weighted by atomic mass is 32.1. The van der Waals surface area contributed by atoms with E-state index in [0.717, 1.165) is 10.6 Å². The minimum Gasteiger partial charge on any atom is -0.485 e. The van der Waals surface area contributed by atoms with Gasteiger partial charge in [-0.2, -0.15) is 0 Å². The van der Waals surface area contributed by atoms with E-state index in [0.29, 0.717) is 35.3 Å². The second-order valence-corrected chi connectivity index (χ2v) is 5.09. The predicted octanol–water partition coefficient (Wildman–Crippen LogP) is 2.86. The Morgan fingerprint density at radius 1 is 1.56 bits per heavy atom. The summed E-state index contributed by atoms with van der Waals surface area (Å²) in [5, 5.41) is 3.57. The van der Waals surface area contributed by atoms with E-state index in [4.69, 9.17) is 10.5 Å². The maximum Gasteiger partial charge on any atom is 0.180 e. The van der Waals surface area contributed by atoms with Gasteiger partial charge in [0.2, 0.25) is 0 Å². The summed E-state index contributed by atoms with van der Waals surface area (Å²) in [6, 6.07) is 2.87. The van der Waals surface area contributed by atoms with Crippen molar-refractivity contribution in [3.8, 4) is 17.0 Å². The van der Waals surface area contributed by atoms with E-state index in [1.807, 2.05) is 6.92 Å². The van der Waals surface area contributed by atoms with Gasteiger partial charge in [0.15, 0.2) is 10.9 Å². The summed E-state index contributed by atoms with van der Waals surface area (Å²) in [4.78, 5) is 5.19. The Morgan fingerprint density at radius 2 is 2.39 bits per heavy atom. The number of hydrogen-bond acceptors (Lipinski definition) is 5. The number of nitrogen functional groups attached to an aromatic ring is 1. The number of benzene rings is 1. The smallest absolute Gasteiger partial charge is 0.180 e. The fourth-order valence-electron chi connectivity index (χ4n) is 2.06. The van der Waals surface area contributed by atoms with Gasteiger partial charge in [-0.05, 0) is 13.0 Å². The van der Waals surface area contributed by atoms with Crippen LogP contribution >= 0.6 is 11.3 Å². The molecule has 3 N–H and O–H groups in total. The molecule has 0 saturated carbocycles. The highest BCUT2D eigenvalue weighted by Crippen LogP contribution is 2.44. The van der Waals surface area contributed by atoms with Crippen LogP contribution in [-0.2, 0) is 6.61 Å². The normalized spacial score (nSPS) is 12.6. The van der Waals surface area contributed by atoms with Crippen LogP contribution in [0.15, 0.2) is 12.1 Å². The topological polar surface area (TPSA) is 60.2 Å². The average molecular weight is 265 g/mol. The lowest BCUT2D eigenvalue weighted by Crippen LogP contribution is -2.08. The maximum absolute atomic E-state index is 13.6. The molecule has 0 atom stereocenters. The van der Waals surface area contributed by atoms with Crippen molar-refractivity contribution in [2.45, 2.75) is 13.5 Å². The van der Waals surface area contributed by atoms with Gasteiger partial charge in [0.05, 0.1) is 16.3 Å². The van der Waals surface area contributed by atoms with Crippen LogP contribution in [0.5, 0.6) is 5.75 Å². The van der Waals surface area contributed by atoms with E-state index >= 15 is 0 Å². The number of anilines is 2. The largest absolute Gasteiger partial charge is 0.485 e. The van der Waals surface area contributed by atoms with Gasteiger partial charge < -0.3 is 15.8 Å². The fourth-order valence-corrected chi connectivity index (χ4v) is 2.82. The molecule has 1 aliphatic rings. The Kier molecular flexibility index (Phi) is 2.59. The number of rotatable bonds is 2. The highest BCUT2D eigenvalue weighted by Gasteiger charge is 2.24. The molecule has 0 spiro atoms. The number of nitrogens with zero attached hydrogens (tertiary/aromatic N) is 1. The molecule has 0 fully saturated rings. The number of ether oxygens (including phenoxy) is 1. The lowest BCUT2D eigenvalue weighted by atomic mass is 10.1. The number of hydrogen-bond donors (Lipinski definition) is 2. The molecule has 0 amide bonds. The van der Waals surface area contributed by atoms with E-state index in [2.05, 4.69) is 10.3 Å². The van der Waals surface area contributed by atoms with Crippen LogP contribution in [0, 0.1) is 5.82 Å². The third-order valence-electron chi connectivity index (χ3n) is 2.74. The Balaban J connectivity index is 2.20. The minimum atomic E-state index is -0.312. The number of thiazole rings is 1. The molecule has 0 unspecified atom stereocenters. The highest BCUT2D eigenvalue weighted by molar-refractivity contribution is 7.15. The van der Waals surface area contributed by atoms with E-state index < -0.39 is 0 Å². The number of halogens is 1. The van der Waals surface area contributed by atoms with Crippen LogP contribution in [0.3, 0.4) is 0 Å². The van der Waals surface area contributed by atoms with Crippen molar-refractivity contribution in [1.29, 1.82) is 0 Å². The van der Waals surface area contributed by atoms with Crippen molar-refractivity contribution in [3.63, 3.8) is 0 Å². The second-order valence-electron chi connectivity index (χ2n) is 3.97. The molecule has 1 aliphatic heterocycles. The summed E-state index contributed by atoms with van der Waals surface area (Å²) in [6.07, 6.45) is 0. The molecule has 1 aromatic heterocycles. The first-order chi connectivity index (χ1) is 8.69. The molecule has 2 heterocycles. The molecule has 0 aliphatic carbocycles. The van der Waals surface area contributed by atoms with Crippen molar-refractivity contribution >= 4 is 22.2 Å². The Bertz CT molecular complexity index is 612. The quantitative estimate of drug-likeness (QED) is 0.876. The van der Waals surface area contributed by atoms with Gasteiger partial charge >= 0.3 is 0 Å². The van der Waals surface area contributed by atoms with Crippen LogP contribution in [-0.4, -0.2) is 11.5 Å². The molecule has 0 saturated heterocycles. The summed E-state index contributed by atoms with van der Waals surface area (Å²) in [6.45, 7) is 3.08. The summed E-state index contributed by atoms with van der Waals surface area (Å²) in [5.41, 5.74) is 7.75. The van der Waals surface area contributed by atoms with Gasteiger partial charge in [-0.3, -0.25) is 0 Å². The monoisotopic (exact) mass is 265 g/mol. The van der Waals surface area contributed by atoms with Gasteiger partial charge in [0.25, 0.3) is 0 Å². The molecule has 4 nitrogen and oxygen atoms in total. The van der Waals surface area contributed by atoms with Gasteiger partial charge in [-0.15, -0.1) is 0 Å². The summed E-state index contributed by atoms with van der Waals surface area (Å²) in [5.74, 6) is 0.337. The predicted molar refractivity (Wildman–Crippen MR) is 70.4 cm³/mol. The van der Waals surface area contributed by atoms with Crippen LogP contribution in [0.1, 0.15) is 11.8 Å². The van der Waals surface area contributed by atoms with Crippen molar-refractivity contribution < 1.29 is 9.13 Å². The van der Waals surface area contributed by atoms with Gasteiger partial charge in [-0.1, -0.05) is 11.3 Å². The summed E-state index contributed by atoms with van der Waals surface area (Å²) in [7, 11) is 0. The van der Waals surface area contributed by atoms with Crippen LogP contribution in [0.4, 0.5) is 15.2 Å². The Labute approximate surface area is 108 Å². The molecular weight excluding hydrogens is 253 g/mol. The SMILES string of the molecule is CCNc1cc(F)cc2c1OCc1sc(N)nc1-2. The van der Waals surface area contributed by atoms with Crippen LogP contribution in [0.25, 0.3) is 11.3 Å². The molecule has 0 bridgehead atoms. The zero-order valence-corrected chi connectivity index (χ0v) is 10.6. The molecule has 1 aromatic carbocycles. The Morgan fingerprint density at radius 3 is 3.17 bits per heavy atom. The number of aromatic nitrogens is 1. The van der Waals surface area contributed by atoms with Gasteiger partial charge in [0.1, 0.15) is 12.4 Å². The Hall–Kier alpha value is -1.82. The third-order valence-corrected chi connectivity index (χ3v) is 3.60. The first-order valence-corrected chi connectivity index (χ1v) is 6.46. The van der Waals surface area contributed by atoms with E-state index in [-0.39, 0.29) is 5.82 Å². The van der Waals surface area contributed by atoms with E-state index in [9.17, 15) is 4.39 Å². The minimum absolute atomic E-state index is 0.312. The molecule has 2 aromatic rings. The first-order valence-electron chi connectivity index (χ1n) is 5.64. The first kappa shape index (κ1) is 11.3. The van der Waals surface area contributed by atoms with Gasteiger partial charge in [0, 0.05) is 18.2 Å². The fraction of sp³-hybridized carbons (Fsp3) is 0.250. The molecular formula is C12H12FN3OS. The average Bonchev–Trinajstić information content (AvgIpc) is 2.70. The maximum atomic E-state index is 13.6. The van der Waals surface area contributed by atoms with E-state index in [1.54, 1.807) is 0 Å². The summed E-state index contributed by atoms with van der Waals surface area (Å²) >= 11 is 1.38. The lowest BCUT2D eigenvalue weighted by Gasteiger charge is -2.20. The molecule has 3 rings (SSSR count). The number of nitrogens with one attached hydrogen (secondary N) is 1. The van der Waals surface area contributed by atoms with Gasteiger partial charge in [-0.25, -0.2) is 9.37 Å². The third kappa shape index (κ3) is 1.69. The molecule has 0 radical (unpaired) electrons. The molecule has 18 heavy (non-hydrogen) atoms. The zero-order chi connectivity index (χ0) is 12.7. The number of fused-ring (bicyclic) bond motifs is 3. The lowest BCUT2D eigenvalue weighted by molar-refractivity contribution is 0.306. The van der Waals surface area contributed by atoms with Crippen molar-refractivity contribution in [2.24, 2.45) is 0 Å². The van der Waals surface area contributed by atoms with Crippen molar-refractivity contribution in [2.75, 3.05) is 17.6 Å². The van der Waals surface area contributed by atoms with E-state index in [1.165, 1.54) is 23.5 Å². The zero-order valence-electron chi connectivity index (χ0n) is 9.79.